The van der Waals surface area contributed by atoms with E-state index >= 15 is 0 Å². The van der Waals surface area contributed by atoms with E-state index in [1.807, 2.05) is 12.1 Å². The molecule has 0 aromatic heterocycles. The van der Waals surface area contributed by atoms with Crippen molar-refractivity contribution in [3.63, 3.8) is 0 Å². The highest BCUT2D eigenvalue weighted by molar-refractivity contribution is 5.39. The van der Waals surface area contributed by atoms with Gasteiger partial charge < -0.3 is 5.73 Å². The molecule has 0 aliphatic heterocycles. The summed E-state index contributed by atoms with van der Waals surface area (Å²) in [7, 11) is 0. The quantitative estimate of drug-likeness (QED) is 0.524. The molecule has 0 heterocycles. The molecule has 1 rings (SSSR count). The van der Waals surface area contributed by atoms with E-state index in [9.17, 15) is 0 Å². The molecule has 0 bridgehead atoms. The molecule has 1 aromatic rings. The predicted molar refractivity (Wildman–Crippen MR) is 67.9 cm³/mol. The first-order valence-electron chi connectivity index (χ1n) is 6.17. The highest BCUT2D eigenvalue weighted by atomic mass is 14.5. The molecule has 0 saturated heterocycles. The molecule has 0 aliphatic rings. The molecule has 0 atom stereocenters. The van der Waals surface area contributed by atoms with Crippen LogP contribution >= 0.6 is 0 Å². The van der Waals surface area contributed by atoms with Gasteiger partial charge in [-0.05, 0) is 30.5 Å². The topological polar surface area (TPSA) is 26.0 Å². The summed E-state index contributed by atoms with van der Waals surface area (Å²) in [4.78, 5) is 0. The lowest BCUT2D eigenvalue weighted by molar-refractivity contribution is 0.607. The van der Waals surface area contributed by atoms with Gasteiger partial charge in [0, 0.05) is 5.69 Å². The third-order valence-corrected chi connectivity index (χ3v) is 2.80. The van der Waals surface area contributed by atoms with Gasteiger partial charge in [0.25, 0.3) is 0 Å². The molecule has 1 nitrogen and oxygen atoms in total. The summed E-state index contributed by atoms with van der Waals surface area (Å²) in [5.41, 5.74) is 7.92. The van der Waals surface area contributed by atoms with Crippen molar-refractivity contribution in [2.75, 3.05) is 5.73 Å². The van der Waals surface area contributed by atoms with Crippen LogP contribution in [0.2, 0.25) is 0 Å². The number of benzene rings is 1. The highest BCUT2D eigenvalue weighted by Gasteiger charge is 1.93. The third-order valence-electron chi connectivity index (χ3n) is 2.80. The number of aryl methyl sites for hydroxylation is 1. The van der Waals surface area contributed by atoms with Gasteiger partial charge in [-0.3, -0.25) is 0 Å². The van der Waals surface area contributed by atoms with Crippen LogP contribution in [0.25, 0.3) is 0 Å². The molecule has 1 heteroatoms. The van der Waals surface area contributed by atoms with Crippen molar-refractivity contribution in [1.29, 1.82) is 0 Å². The van der Waals surface area contributed by atoms with Crippen LogP contribution in [0.15, 0.2) is 24.3 Å². The first-order chi connectivity index (χ1) is 7.33. The maximum atomic E-state index is 5.64. The summed E-state index contributed by atoms with van der Waals surface area (Å²) < 4.78 is 0. The zero-order valence-electron chi connectivity index (χ0n) is 9.84. The van der Waals surface area contributed by atoms with Gasteiger partial charge in [0.1, 0.15) is 0 Å². The molecular formula is C14H23N. The van der Waals surface area contributed by atoms with Crippen molar-refractivity contribution in [2.24, 2.45) is 0 Å². The fourth-order valence-electron chi connectivity index (χ4n) is 1.79. The van der Waals surface area contributed by atoms with Crippen molar-refractivity contribution in [3.05, 3.63) is 29.8 Å². The largest absolute Gasteiger partial charge is 0.399 e. The van der Waals surface area contributed by atoms with Crippen molar-refractivity contribution in [3.8, 4) is 0 Å². The van der Waals surface area contributed by atoms with Crippen LogP contribution in [-0.4, -0.2) is 0 Å². The smallest absolute Gasteiger partial charge is 0.0314 e. The van der Waals surface area contributed by atoms with Crippen molar-refractivity contribution >= 4 is 5.69 Å². The Morgan fingerprint density at radius 3 is 2.13 bits per heavy atom. The summed E-state index contributed by atoms with van der Waals surface area (Å²) in [5.74, 6) is 0. The van der Waals surface area contributed by atoms with E-state index in [-0.39, 0.29) is 0 Å². The molecule has 0 amide bonds. The number of hydrogen-bond donors (Lipinski definition) is 1. The van der Waals surface area contributed by atoms with Crippen molar-refractivity contribution in [1.82, 2.24) is 0 Å². The zero-order valence-corrected chi connectivity index (χ0v) is 9.84. The van der Waals surface area contributed by atoms with Gasteiger partial charge in [0.05, 0.1) is 0 Å². The van der Waals surface area contributed by atoms with Crippen LogP contribution in [0.3, 0.4) is 0 Å². The van der Waals surface area contributed by atoms with Gasteiger partial charge in [-0.25, -0.2) is 0 Å². The predicted octanol–water partition coefficient (Wildman–Crippen LogP) is 4.17. The van der Waals surface area contributed by atoms with Crippen LogP contribution in [0.4, 0.5) is 5.69 Å². The summed E-state index contributed by atoms with van der Waals surface area (Å²) in [6.45, 7) is 2.26. The molecule has 0 aliphatic carbocycles. The number of unbranched alkanes of at least 4 members (excludes halogenated alkanes) is 5. The summed E-state index contributed by atoms with van der Waals surface area (Å²) >= 11 is 0. The Balaban J connectivity index is 2.07. The van der Waals surface area contributed by atoms with Gasteiger partial charge in [-0.1, -0.05) is 51.2 Å². The minimum absolute atomic E-state index is 0.863. The van der Waals surface area contributed by atoms with Crippen LogP contribution in [0, 0.1) is 0 Å². The average molecular weight is 205 g/mol. The van der Waals surface area contributed by atoms with Crippen LogP contribution in [-0.2, 0) is 6.42 Å². The molecule has 0 unspecified atom stereocenters. The number of nitrogen functional groups attached to an aromatic ring is 1. The standard InChI is InChI=1S/C14H23N/c1-2-3-4-5-6-7-8-13-9-11-14(15)12-10-13/h9-12H,2-8,15H2,1H3. The molecule has 0 saturated carbocycles. The zero-order chi connectivity index (χ0) is 10.9. The first kappa shape index (κ1) is 12.1. The van der Waals surface area contributed by atoms with E-state index in [1.165, 1.54) is 50.5 Å². The number of anilines is 1. The number of rotatable bonds is 7. The lowest BCUT2D eigenvalue weighted by atomic mass is 10.0. The SMILES string of the molecule is CCCCCCCCc1ccc(N)cc1. The maximum Gasteiger partial charge on any atom is 0.0314 e. The summed E-state index contributed by atoms with van der Waals surface area (Å²) in [6.07, 6.45) is 9.39. The first-order valence-corrected chi connectivity index (χ1v) is 6.17. The monoisotopic (exact) mass is 205 g/mol. The summed E-state index contributed by atoms with van der Waals surface area (Å²) in [5, 5.41) is 0. The van der Waals surface area contributed by atoms with Crippen LogP contribution in [0.5, 0.6) is 0 Å². The van der Waals surface area contributed by atoms with Crippen molar-refractivity contribution in [2.45, 2.75) is 51.9 Å². The van der Waals surface area contributed by atoms with Gasteiger partial charge in [0.2, 0.25) is 0 Å². The minimum Gasteiger partial charge on any atom is -0.399 e. The molecule has 1 aromatic carbocycles. The molecular weight excluding hydrogens is 182 g/mol. The minimum atomic E-state index is 0.863. The maximum absolute atomic E-state index is 5.64. The van der Waals surface area contributed by atoms with E-state index in [2.05, 4.69) is 19.1 Å². The van der Waals surface area contributed by atoms with Crippen LogP contribution < -0.4 is 5.73 Å². The van der Waals surface area contributed by atoms with Gasteiger partial charge >= 0.3 is 0 Å². The van der Waals surface area contributed by atoms with Gasteiger partial charge in [-0.2, -0.15) is 0 Å². The fraction of sp³-hybridized carbons (Fsp3) is 0.571. The lowest BCUT2D eigenvalue weighted by Gasteiger charge is -2.02. The molecule has 84 valence electrons. The van der Waals surface area contributed by atoms with E-state index in [0.717, 1.165) is 5.69 Å². The Morgan fingerprint density at radius 2 is 1.47 bits per heavy atom. The molecule has 0 spiro atoms. The molecule has 0 fully saturated rings. The average Bonchev–Trinajstić information content (AvgIpc) is 2.26. The Kier molecular flexibility index (Phi) is 5.91. The van der Waals surface area contributed by atoms with E-state index in [0.29, 0.717) is 0 Å². The second kappa shape index (κ2) is 7.33. The molecule has 0 radical (unpaired) electrons. The van der Waals surface area contributed by atoms with E-state index in [4.69, 9.17) is 5.73 Å². The number of hydrogen-bond acceptors (Lipinski definition) is 1. The van der Waals surface area contributed by atoms with Gasteiger partial charge in [0.15, 0.2) is 0 Å². The molecule has 15 heavy (non-hydrogen) atoms. The lowest BCUT2D eigenvalue weighted by Crippen LogP contribution is -1.88. The van der Waals surface area contributed by atoms with Crippen LogP contribution in [0.1, 0.15) is 51.0 Å². The third kappa shape index (κ3) is 5.46. The Bertz CT molecular complexity index is 251. The Hall–Kier alpha value is -0.980. The fourth-order valence-corrected chi connectivity index (χ4v) is 1.79. The second-order valence-corrected chi connectivity index (χ2v) is 4.26. The Labute approximate surface area is 93.7 Å². The van der Waals surface area contributed by atoms with Gasteiger partial charge in [-0.15, -0.1) is 0 Å². The van der Waals surface area contributed by atoms with Crippen molar-refractivity contribution < 1.29 is 0 Å². The second-order valence-electron chi connectivity index (χ2n) is 4.26. The van der Waals surface area contributed by atoms with E-state index < -0.39 is 0 Å². The highest BCUT2D eigenvalue weighted by Crippen LogP contribution is 2.11. The molecule has 2 N–H and O–H groups in total. The van der Waals surface area contributed by atoms with E-state index in [1.54, 1.807) is 0 Å². The summed E-state index contributed by atoms with van der Waals surface area (Å²) in [6, 6.07) is 8.27. The normalized spacial score (nSPS) is 10.5. The Morgan fingerprint density at radius 1 is 0.867 bits per heavy atom. The number of nitrogens with two attached hydrogens (primary N) is 1.